The molecule has 0 aliphatic carbocycles. The predicted molar refractivity (Wildman–Crippen MR) is 88.2 cm³/mol. The summed E-state index contributed by atoms with van der Waals surface area (Å²) < 4.78 is 0. The van der Waals surface area contributed by atoms with Crippen LogP contribution in [0, 0.1) is 0 Å². The van der Waals surface area contributed by atoms with Gasteiger partial charge in [-0.3, -0.25) is 9.69 Å². The molecule has 0 unspecified atom stereocenters. The Morgan fingerprint density at radius 2 is 1.73 bits per heavy atom. The Kier molecular flexibility index (Phi) is 4.95. The molecule has 3 rings (SSSR count). The summed E-state index contributed by atoms with van der Waals surface area (Å²) in [7, 11) is 0. The van der Waals surface area contributed by atoms with Gasteiger partial charge in [-0.15, -0.1) is 0 Å². The molecule has 1 amide bonds. The Morgan fingerprint density at radius 1 is 1.09 bits per heavy atom. The maximum atomic E-state index is 12.1. The van der Waals surface area contributed by atoms with Crippen LogP contribution in [-0.2, 0) is 4.79 Å². The van der Waals surface area contributed by atoms with Crippen LogP contribution in [-0.4, -0.2) is 54.7 Å². The van der Waals surface area contributed by atoms with E-state index in [9.17, 15) is 9.90 Å². The summed E-state index contributed by atoms with van der Waals surface area (Å²) in [6, 6.07) is 8.12. The standard InChI is InChI=1S/C17H25N3O2/c21-16-7-11-19(12-8-16)13-17(22)18-14-3-5-15(6-4-14)20-9-1-2-10-20/h3-6,16,21H,1-2,7-13H2,(H,18,22). The number of hydrogen-bond acceptors (Lipinski definition) is 4. The van der Waals surface area contributed by atoms with Crippen molar-refractivity contribution in [2.45, 2.75) is 31.8 Å². The molecule has 22 heavy (non-hydrogen) atoms. The maximum Gasteiger partial charge on any atom is 0.238 e. The zero-order valence-electron chi connectivity index (χ0n) is 13.0. The predicted octanol–water partition coefficient (Wildman–Crippen LogP) is 1.68. The lowest BCUT2D eigenvalue weighted by Crippen LogP contribution is -2.40. The maximum absolute atomic E-state index is 12.1. The Hall–Kier alpha value is -1.59. The van der Waals surface area contributed by atoms with Gasteiger partial charge in [0.2, 0.25) is 5.91 Å². The van der Waals surface area contributed by atoms with Crippen molar-refractivity contribution in [3.63, 3.8) is 0 Å². The van der Waals surface area contributed by atoms with Gasteiger partial charge in [0, 0.05) is 37.6 Å². The monoisotopic (exact) mass is 303 g/mol. The number of nitrogens with zero attached hydrogens (tertiary/aromatic N) is 2. The second-order valence-electron chi connectivity index (χ2n) is 6.30. The molecule has 2 fully saturated rings. The fourth-order valence-corrected chi connectivity index (χ4v) is 3.21. The summed E-state index contributed by atoms with van der Waals surface area (Å²) in [4.78, 5) is 16.6. The third kappa shape index (κ3) is 3.99. The molecule has 2 aliphatic rings. The zero-order valence-corrected chi connectivity index (χ0v) is 13.0. The van der Waals surface area contributed by atoms with Crippen molar-refractivity contribution in [3.8, 4) is 0 Å². The van der Waals surface area contributed by atoms with E-state index in [0.717, 1.165) is 44.7 Å². The van der Waals surface area contributed by atoms with Crippen molar-refractivity contribution in [2.24, 2.45) is 0 Å². The lowest BCUT2D eigenvalue weighted by molar-refractivity contribution is -0.117. The molecule has 0 saturated carbocycles. The van der Waals surface area contributed by atoms with Gasteiger partial charge in [0.05, 0.1) is 12.6 Å². The number of likely N-dealkylation sites (tertiary alicyclic amines) is 1. The quantitative estimate of drug-likeness (QED) is 0.888. The van der Waals surface area contributed by atoms with Crippen molar-refractivity contribution in [2.75, 3.05) is 42.9 Å². The third-order valence-electron chi connectivity index (χ3n) is 4.55. The van der Waals surface area contributed by atoms with E-state index < -0.39 is 0 Å². The largest absolute Gasteiger partial charge is 0.393 e. The van der Waals surface area contributed by atoms with Gasteiger partial charge in [0.15, 0.2) is 0 Å². The Labute approximate surface area is 131 Å². The number of anilines is 2. The molecule has 5 heteroatoms. The summed E-state index contributed by atoms with van der Waals surface area (Å²) >= 11 is 0. The molecule has 0 radical (unpaired) electrons. The highest BCUT2D eigenvalue weighted by Gasteiger charge is 2.19. The molecule has 5 nitrogen and oxygen atoms in total. The molecule has 0 spiro atoms. The first-order valence-electron chi connectivity index (χ1n) is 8.26. The number of piperidine rings is 1. The summed E-state index contributed by atoms with van der Waals surface area (Å²) in [6.45, 7) is 4.25. The van der Waals surface area contributed by atoms with Gasteiger partial charge in [-0.2, -0.15) is 0 Å². The van der Waals surface area contributed by atoms with Crippen LogP contribution >= 0.6 is 0 Å². The van der Waals surface area contributed by atoms with E-state index in [-0.39, 0.29) is 12.0 Å². The van der Waals surface area contributed by atoms with E-state index in [2.05, 4.69) is 27.2 Å². The lowest BCUT2D eigenvalue weighted by Gasteiger charge is -2.28. The number of benzene rings is 1. The smallest absolute Gasteiger partial charge is 0.238 e. The van der Waals surface area contributed by atoms with Gasteiger partial charge in [0.25, 0.3) is 0 Å². The lowest BCUT2D eigenvalue weighted by atomic mass is 10.1. The Balaban J connectivity index is 1.48. The second-order valence-corrected chi connectivity index (χ2v) is 6.30. The van der Waals surface area contributed by atoms with Crippen LogP contribution in [0.1, 0.15) is 25.7 Å². The first-order valence-corrected chi connectivity index (χ1v) is 8.26. The number of amides is 1. The van der Waals surface area contributed by atoms with E-state index in [4.69, 9.17) is 0 Å². The average molecular weight is 303 g/mol. The van der Waals surface area contributed by atoms with Crippen LogP contribution in [0.25, 0.3) is 0 Å². The molecule has 120 valence electrons. The van der Waals surface area contributed by atoms with Crippen molar-refractivity contribution < 1.29 is 9.90 Å². The van der Waals surface area contributed by atoms with Gasteiger partial charge >= 0.3 is 0 Å². The summed E-state index contributed by atoms with van der Waals surface area (Å²) in [5.74, 6) is 0.0188. The Bertz CT molecular complexity index is 489. The fourth-order valence-electron chi connectivity index (χ4n) is 3.21. The zero-order chi connectivity index (χ0) is 15.4. The van der Waals surface area contributed by atoms with Gasteiger partial charge in [-0.25, -0.2) is 0 Å². The van der Waals surface area contributed by atoms with E-state index in [1.54, 1.807) is 0 Å². The number of aliphatic hydroxyl groups excluding tert-OH is 1. The molecule has 2 heterocycles. The number of nitrogens with one attached hydrogen (secondary N) is 1. The summed E-state index contributed by atoms with van der Waals surface area (Å²) in [6.07, 6.45) is 3.86. The second kappa shape index (κ2) is 7.11. The van der Waals surface area contributed by atoms with Crippen LogP contribution in [0.15, 0.2) is 24.3 Å². The van der Waals surface area contributed by atoms with Crippen LogP contribution in [0.5, 0.6) is 0 Å². The molecular weight excluding hydrogens is 278 g/mol. The molecule has 1 aromatic carbocycles. The molecule has 2 aliphatic heterocycles. The van der Waals surface area contributed by atoms with Crippen LogP contribution in [0.3, 0.4) is 0 Å². The van der Waals surface area contributed by atoms with Gasteiger partial charge in [0.1, 0.15) is 0 Å². The van der Waals surface area contributed by atoms with Gasteiger partial charge in [-0.05, 0) is 49.9 Å². The van der Waals surface area contributed by atoms with E-state index in [1.807, 2.05) is 12.1 Å². The highest BCUT2D eigenvalue weighted by Crippen LogP contribution is 2.22. The van der Waals surface area contributed by atoms with Crippen molar-refractivity contribution in [1.82, 2.24) is 4.90 Å². The topological polar surface area (TPSA) is 55.8 Å². The van der Waals surface area contributed by atoms with E-state index in [1.165, 1.54) is 18.5 Å². The van der Waals surface area contributed by atoms with Gasteiger partial charge in [-0.1, -0.05) is 0 Å². The van der Waals surface area contributed by atoms with Gasteiger partial charge < -0.3 is 15.3 Å². The Morgan fingerprint density at radius 3 is 2.36 bits per heavy atom. The highest BCUT2D eigenvalue weighted by molar-refractivity contribution is 5.92. The molecule has 0 atom stereocenters. The molecule has 0 aromatic heterocycles. The third-order valence-corrected chi connectivity index (χ3v) is 4.55. The molecule has 2 N–H and O–H groups in total. The fraction of sp³-hybridized carbons (Fsp3) is 0.588. The minimum Gasteiger partial charge on any atom is -0.393 e. The van der Waals surface area contributed by atoms with Crippen molar-refractivity contribution in [3.05, 3.63) is 24.3 Å². The minimum atomic E-state index is -0.197. The number of carbonyl (C=O) groups is 1. The first-order chi connectivity index (χ1) is 10.7. The van der Waals surface area contributed by atoms with E-state index in [0.29, 0.717) is 6.54 Å². The van der Waals surface area contributed by atoms with Crippen molar-refractivity contribution in [1.29, 1.82) is 0 Å². The number of aliphatic hydroxyl groups is 1. The van der Waals surface area contributed by atoms with E-state index >= 15 is 0 Å². The normalized spacial score (nSPS) is 20.3. The molecule has 2 saturated heterocycles. The van der Waals surface area contributed by atoms with Crippen LogP contribution in [0.4, 0.5) is 11.4 Å². The number of rotatable bonds is 4. The van der Waals surface area contributed by atoms with Crippen molar-refractivity contribution >= 4 is 17.3 Å². The average Bonchev–Trinajstić information content (AvgIpc) is 3.05. The first kappa shape index (κ1) is 15.3. The SMILES string of the molecule is O=C(CN1CCC(O)CC1)Nc1ccc(N2CCCC2)cc1. The minimum absolute atomic E-state index is 0.0188. The molecule has 1 aromatic rings. The number of carbonyl (C=O) groups excluding carboxylic acids is 1. The van der Waals surface area contributed by atoms with Crippen LogP contribution in [0.2, 0.25) is 0 Å². The highest BCUT2D eigenvalue weighted by atomic mass is 16.3. The summed E-state index contributed by atoms with van der Waals surface area (Å²) in [5, 5.41) is 12.4. The summed E-state index contributed by atoms with van der Waals surface area (Å²) in [5.41, 5.74) is 2.09. The van der Waals surface area contributed by atoms with Crippen LogP contribution < -0.4 is 10.2 Å². The number of hydrogen-bond donors (Lipinski definition) is 2. The molecule has 0 bridgehead atoms. The molecular formula is C17H25N3O2.